The first-order valence-electron chi connectivity index (χ1n) is 50.4. The summed E-state index contributed by atoms with van der Waals surface area (Å²) < 4.78 is 37.3. The fraction of sp³-hybridized carbons (Fsp3) is 0.794. The Morgan fingerprint density at radius 2 is 0.634 bits per heavy atom. The number of thiol groups is 2. The molecule has 0 aromatic carbocycles. The number of carboxylic acid groups (broad SMARTS) is 2. The molecular formula is C107H195IO20S6. The molecule has 786 valence electrons. The monoisotopic (exact) mass is 2120 g/mol. The molecular weight excluding hydrogens is 1920 g/mol. The second-order valence-electron chi connectivity index (χ2n) is 37.8. The molecule has 2 saturated heterocycles. The third kappa shape index (κ3) is 134. The summed E-state index contributed by atoms with van der Waals surface area (Å²) in [5.74, 6) is 4.59. The Hall–Kier alpha value is -3.87. The number of allylic oxidation sites excluding steroid dienone is 10. The lowest BCUT2D eigenvalue weighted by atomic mass is 10.1. The summed E-state index contributed by atoms with van der Waals surface area (Å²) in [4.78, 5) is 108. The van der Waals surface area contributed by atoms with Crippen LogP contribution in [0.15, 0.2) is 72.9 Å². The lowest BCUT2D eigenvalue weighted by Crippen LogP contribution is -2.23. The van der Waals surface area contributed by atoms with Crippen molar-refractivity contribution in [1.82, 2.24) is 0 Å². The van der Waals surface area contributed by atoms with Gasteiger partial charge in [0.25, 0.3) is 0 Å². The van der Waals surface area contributed by atoms with Crippen LogP contribution in [-0.4, -0.2) is 172 Å². The number of methoxy groups -OCH3 is 2. The van der Waals surface area contributed by atoms with Crippen LogP contribution in [0.1, 0.15) is 446 Å². The van der Waals surface area contributed by atoms with Gasteiger partial charge in [-0.2, -0.15) is 25.3 Å². The fourth-order valence-corrected chi connectivity index (χ4v) is 18.6. The molecule has 0 saturated carbocycles. The average Bonchev–Trinajstić information content (AvgIpc) is 0.850. The van der Waals surface area contributed by atoms with Crippen molar-refractivity contribution in [3.05, 3.63) is 72.9 Å². The minimum atomic E-state index is -0.825. The van der Waals surface area contributed by atoms with Crippen molar-refractivity contribution in [2.24, 2.45) is 0 Å². The van der Waals surface area contributed by atoms with Crippen LogP contribution in [0.2, 0.25) is 0 Å². The van der Waals surface area contributed by atoms with E-state index in [1.165, 1.54) is 176 Å². The first-order chi connectivity index (χ1) is 63.4. The molecule has 0 aromatic heterocycles. The quantitative estimate of drug-likeness (QED) is 0.00435. The van der Waals surface area contributed by atoms with E-state index in [-0.39, 0.29) is 82.1 Å². The molecule has 2 aliphatic heterocycles. The number of esters is 7. The highest BCUT2D eigenvalue weighted by Gasteiger charge is 2.30. The van der Waals surface area contributed by atoms with Gasteiger partial charge < -0.3 is 48.5 Å². The van der Waals surface area contributed by atoms with E-state index in [1.54, 1.807) is 6.08 Å². The number of halogens is 1. The molecule has 2 aliphatic rings. The lowest BCUT2D eigenvalue weighted by molar-refractivity contribution is -0.156. The van der Waals surface area contributed by atoms with Crippen molar-refractivity contribution < 1.29 is 96.4 Å². The van der Waals surface area contributed by atoms with Gasteiger partial charge in [-0.3, -0.25) is 47.9 Å². The van der Waals surface area contributed by atoms with Crippen molar-refractivity contribution in [3.8, 4) is 0 Å². The lowest BCUT2D eigenvalue weighted by Gasteiger charge is -2.33. The molecule has 2 heterocycles. The number of carbonyl (C=O) groups is 10. The molecule has 0 radical (unpaired) electrons. The topological polar surface area (TPSA) is 296 Å². The zero-order valence-corrected chi connectivity index (χ0v) is 95.0. The summed E-state index contributed by atoms with van der Waals surface area (Å²) in [6.07, 6.45) is 75.1. The second kappa shape index (κ2) is 102. The highest BCUT2D eigenvalue weighted by molar-refractivity contribution is 14.1. The van der Waals surface area contributed by atoms with Gasteiger partial charge in [-0.15, -0.1) is 47.0 Å². The number of ether oxygens (including phenoxy) is 7. The minimum absolute atomic E-state index is 0.0562. The van der Waals surface area contributed by atoms with Crippen LogP contribution in [0.4, 0.5) is 0 Å². The second-order valence-corrected chi connectivity index (χ2v) is 45.7. The number of carboxylic acids is 2. The molecule has 2 rings (SSSR count). The number of aliphatic hydroxyl groups is 1. The number of unbranched alkanes of at least 4 members (excludes halogenated alkanes) is 28. The van der Waals surface area contributed by atoms with Gasteiger partial charge in [-0.1, -0.05) is 239 Å². The van der Waals surface area contributed by atoms with Crippen molar-refractivity contribution in [1.29, 1.82) is 0 Å². The average molecular weight is 2120 g/mol. The van der Waals surface area contributed by atoms with Crippen LogP contribution in [0.5, 0.6) is 0 Å². The van der Waals surface area contributed by atoms with Crippen LogP contribution in [-0.2, 0) is 81.1 Å². The smallest absolute Gasteiger partial charge is 0.306 e. The van der Waals surface area contributed by atoms with E-state index < -0.39 is 23.1 Å². The largest absolute Gasteiger partial charge is 0.481 e. The number of aliphatic hydroxyl groups excluding tert-OH is 1. The van der Waals surface area contributed by atoms with Crippen LogP contribution < -0.4 is 0 Å². The van der Waals surface area contributed by atoms with Gasteiger partial charge in [0.15, 0.2) is 0 Å². The van der Waals surface area contributed by atoms with Crippen molar-refractivity contribution >= 4 is 155 Å². The number of hydrogen-bond donors (Lipinski definition) is 5. The van der Waals surface area contributed by atoms with Gasteiger partial charge in [-0.05, 0) is 284 Å². The highest BCUT2D eigenvalue weighted by atomic mass is 127. The number of thioether (sulfide) groups is 4. The van der Waals surface area contributed by atoms with E-state index in [0.717, 1.165) is 133 Å². The Labute approximate surface area is 859 Å². The minimum Gasteiger partial charge on any atom is -0.481 e. The third-order valence-corrected chi connectivity index (χ3v) is 25.8. The van der Waals surface area contributed by atoms with Crippen LogP contribution in [0.25, 0.3) is 0 Å². The summed E-state index contributed by atoms with van der Waals surface area (Å²) in [6.45, 7) is 35.1. The zero-order chi connectivity index (χ0) is 103. The zero-order valence-electron chi connectivity index (χ0n) is 87.8. The molecule has 0 aromatic rings. The van der Waals surface area contributed by atoms with E-state index in [0.29, 0.717) is 68.8 Å². The summed E-state index contributed by atoms with van der Waals surface area (Å²) in [7, 11) is 2.76. The first-order valence-corrected chi connectivity index (χ1v) is 57.2. The van der Waals surface area contributed by atoms with Gasteiger partial charge in [0.2, 0.25) is 0 Å². The number of aliphatic carboxylic acids is 2. The molecule has 0 spiro atoms. The number of carbonyl (C=O) groups excluding carboxylic acids is 8. The Balaban J connectivity index is -0.000000278. The Morgan fingerprint density at radius 1 is 0.351 bits per heavy atom. The van der Waals surface area contributed by atoms with E-state index in [2.05, 4.69) is 180 Å². The fourth-order valence-electron chi connectivity index (χ4n) is 11.6. The maximum atomic E-state index is 11.8. The Kier molecular flexibility index (Phi) is 109. The molecule has 0 bridgehead atoms. The molecule has 0 aliphatic carbocycles. The molecule has 20 nitrogen and oxygen atoms in total. The van der Waals surface area contributed by atoms with E-state index in [4.69, 9.17) is 39.0 Å². The predicted octanol–water partition coefficient (Wildman–Crippen LogP) is 30.5. The number of rotatable bonds is 61. The normalized spacial score (nSPS) is 13.2. The first kappa shape index (κ1) is 143. The maximum Gasteiger partial charge on any atom is 0.306 e. The summed E-state index contributed by atoms with van der Waals surface area (Å²) >= 11 is 18.7. The summed E-state index contributed by atoms with van der Waals surface area (Å²) in [6, 6.07) is 0. The molecule has 2 fully saturated rings. The van der Waals surface area contributed by atoms with Gasteiger partial charge in [0, 0.05) is 64.4 Å². The van der Waals surface area contributed by atoms with Gasteiger partial charge in [-0.25, -0.2) is 0 Å². The van der Waals surface area contributed by atoms with Crippen LogP contribution >= 0.6 is 94.9 Å². The number of hydrogen-bond acceptors (Lipinski definition) is 24. The van der Waals surface area contributed by atoms with E-state index in [9.17, 15) is 47.9 Å². The molecule has 3 N–H and O–H groups in total. The van der Waals surface area contributed by atoms with Crippen molar-refractivity contribution in [2.45, 2.75) is 482 Å². The van der Waals surface area contributed by atoms with Gasteiger partial charge in [0.1, 0.15) is 34.3 Å². The third-order valence-electron chi connectivity index (χ3n) is 18.2. The molecule has 0 amide bonds. The maximum absolute atomic E-state index is 11.8. The molecule has 27 heteroatoms. The molecule has 0 atom stereocenters. The van der Waals surface area contributed by atoms with Gasteiger partial charge in [0.05, 0.1) is 22.9 Å². The van der Waals surface area contributed by atoms with Gasteiger partial charge >= 0.3 is 53.7 Å². The van der Waals surface area contributed by atoms with Crippen molar-refractivity contribution in [3.63, 3.8) is 0 Å². The molecule has 0 unspecified atom stereocenters. The van der Waals surface area contributed by atoms with E-state index in [1.807, 2.05) is 110 Å². The predicted molar refractivity (Wildman–Crippen MR) is 587 cm³/mol. The number of alkyl halides is 1. The van der Waals surface area contributed by atoms with Crippen molar-refractivity contribution in [2.75, 3.05) is 59.8 Å². The summed E-state index contributed by atoms with van der Waals surface area (Å²) in [5, 5.41) is 25.2. The Morgan fingerprint density at radius 3 is 0.933 bits per heavy atom. The SMILES string of the molecule is CC(C)(C)OC(=O)CCCCC(=O)O.CC(C)(C)OC(=O)CCCCCCCI.CC(C)(C)OC(=O)CCCCCCCO.CCCCC/C=C/C=C/C1(CCCCCCCC(=O)OC(C)(C)C)SCCCS1.CCCCC/C=C/C=C/C1SCCCS1.CCCCC/C=C/C=C/C=O.COC(=O)CCCCCCC(=O)O.COC(=O)CCCCCCC(=O)OC(C)(C)C.SCCCS. The Bertz CT molecular complexity index is 2920. The highest BCUT2D eigenvalue weighted by Crippen LogP contribution is 2.47. The number of aldehydes is 1. The van der Waals surface area contributed by atoms with Crippen LogP contribution in [0.3, 0.4) is 0 Å². The van der Waals surface area contributed by atoms with Crippen LogP contribution in [0, 0.1) is 0 Å². The van der Waals surface area contributed by atoms with E-state index >= 15 is 0 Å². The molecule has 134 heavy (non-hydrogen) atoms. The standard InChI is InChI=1S/C25H44O2S2.C13H24O4.C13H22S2.C12H23IO2.C12H24O3.C10H18O4.C10H16O.C9H16O4.C3H8S2/c1-5-6-7-8-9-12-15-19-25(28-21-17-22-29-25)20-16-13-10-11-14-18-23(26)27-24(2,3)4;1-13(2,3)17-12(15)10-8-6-5-7-9-11(14)16-4;1-2-3-4-5-6-7-8-10-13-14-11-9-12-15-13;2*1-12(2,3)15-11(14)9-7-5-4-6-8-10-13;1-10(2,3)14-9(13)7-5-4-6-8(11)12;1-2-3-4-5-6-7-8-9-10-11;1-13-9(12)7-5-3-2-4-6-8(10)11;4-2-1-3-5/h9,12,15,19H,5-8,10-11,13-14,16-18,20-22H2,1-4H3;5-10H2,1-4H3;6-8,10,13H,2-5,9,11-12H2,1H3;4-10H2,1-3H3;13H,4-10H2,1-3H3;4-7H2,1-3H3,(H,11,12);6-10H,2-5H2,1H3;2-7H2,1H3,(H,10,11);4-5H,1-3H2/b12-9+,19-15+;;7-6+,10-8+;;;;7-6+,9-8+;;. The summed E-state index contributed by atoms with van der Waals surface area (Å²) in [5.41, 5.74) is -1.92.